The first kappa shape index (κ1) is 23.0. The zero-order valence-corrected chi connectivity index (χ0v) is 18.3. The van der Waals surface area contributed by atoms with Gasteiger partial charge in [-0.05, 0) is 53.2 Å². The number of amides is 1. The van der Waals surface area contributed by atoms with Gasteiger partial charge in [0.15, 0.2) is 5.75 Å². The number of rotatable bonds is 6. The third kappa shape index (κ3) is 4.91. The van der Waals surface area contributed by atoms with Gasteiger partial charge in [-0.1, -0.05) is 30.3 Å². The van der Waals surface area contributed by atoms with Crippen LogP contribution in [0.3, 0.4) is 0 Å². The minimum absolute atomic E-state index is 0.0364. The van der Waals surface area contributed by atoms with E-state index in [1.54, 1.807) is 36.4 Å². The molecule has 0 saturated heterocycles. The Kier molecular flexibility index (Phi) is 6.32. The predicted molar refractivity (Wildman–Crippen MR) is 123 cm³/mol. The Morgan fingerprint density at radius 1 is 0.765 bits per heavy atom. The molecule has 8 heteroatoms. The van der Waals surface area contributed by atoms with E-state index in [4.69, 9.17) is 14.2 Å². The molecule has 0 spiro atoms. The quantitative estimate of drug-likeness (QED) is 0.334. The number of carbonyl (C=O) groups is 1. The zero-order chi connectivity index (χ0) is 24.3. The van der Waals surface area contributed by atoms with Crippen LogP contribution in [0.15, 0.2) is 78.9 Å². The second-order valence-corrected chi connectivity index (χ2v) is 7.34. The lowest BCUT2D eigenvalue weighted by Gasteiger charge is -2.16. The van der Waals surface area contributed by atoms with Crippen molar-refractivity contribution in [3.05, 3.63) is 90.0 Å². The van der Waals surface area contributed by atoms with Crippen LogP contribution >= 0.6 is 0 Å². The average Bonchev–Trinajstić information content (AvgIpc) is 2.83. The third-order valence-corrected chi connectivity index (χ3v) is 5.14. The highest BCUT2D eigenvalue weighted by molar-refractivity contribution is 6.09. The van der Waals surface area contributed by atoms with Gasteiger partial charge in [0, 0.05) is 6.07 Å². The van der Waals surface area contributed by atoms with Crippen molar-refractivity contribution >= 4 is 22.4 Å². The molecule has 0 saturated carbocycles. The molecule has 0 atom stereocenters. The van der Waals surface area contributed by atoms with E-state index in [-0.39, 0.29) is 17.0 Å². The van der Waals surface area contributed by atoms with Crippen molar-refractivity contribution in [3.8, 4) is 23.0 Å². The summed E-state index contributed by atoms with van der Waals surface area (Å²) in [7, 11) is 2.91. The Morgan fingerprint density at radius 2 is 1.47 bits per heavy atom. The number of methoxy groups -OCH3 is 2. The molecular weight excluding hydrogens is 447 g/mol. The molecule has 1 N–H and O–H groups in total. The molecule has 0 aliphatic rings. The first-order valence-electron chi connectivity index (χ1n) is 10.2. The lowest BCUT2D eigenvalue weighted by atomic mass is 10.0. The molecular formula is C26H20F3NO4. The number of anilines is 1. The Bertz CT molecular complexity index is 1350. The van der Waals surface area contributed by atoms with Gasteiger partial charge >= 0.3 is 6.18 Å². The Morgan fingerprint density at radius 3 is 2.15 bits per heavy atom. The fourth-order valence-electron chi connectivity index (χ4n) is 3.44. The number of carbonyl (C=O) groups excluding carboxylic acids is 1. The van der Waals surface area contributed by atoms with Gasteiger partial charge in [-0.3, -0.25) is 4.79 Å². The highest BCUT2D eigenvalue weighted by Gasteiger charge is 2.31. The van der Waals surface area contributed by atoms with E-state index in [1.165, 1.54) is 14.2 Å². The van der Waals surface area contributed by atoms with Gasteiger partial charge in [0.2, 0.25) is 0 Å². The van der Waals surface area contributed by atoms with E-state index in [2.05, 4.69) is 5.32 Å². The van der Waals surface area contributed by atoms with E-state index < -0.39 is 17.6 Å². The van der Waals surface area contributed by atoms with Gasteiger partial charge in [-0.15, -0.1) is 0 Å². The van der Waals surface area contributed by atoms with E-state index >= 15 is 0 Å². The number of nitrogens with one attached hydrogen (secondary N) is 1. The van der Waals surface area contributed by atoms with Gasteiger partial charge in [0.25, 0.3) is 5.91 Å². The summed E-state index contributed by atoms with van der Waals surface area (Å²) >= 11 is 0. The predicted octanol–water partition coefficient (Wildman–Crippen LogP) is 6.92. The third-order valence-electron chi connectivity index (χ3n) is 5.14. The van der Waals surface area contributed by atoms with Crippen molar-refractivity contribution in [1.29, 1.82) is 0 Å². The molecule has 34 heavy (non-hydrogen) atoms. The lowest BCUT2D eigenvalue weighted by molar-refractivity contribution is -0.137. The van der Waals surface area contributed by atoms with Crippen LogP contribution in [-0.2, 0) is 6.18 Å². The summed E-state index contributed by atoms with van der Waals surface area (Å²) < 4.78 is 56.5. The zero-order valence-electron chi connectivity index (χ0n) is 18.3. The molecule has 0 radical (unpaired) electrons. The van der Waals surface area contributed by atoms with Gasteiger partial charge in [0.05, 0.1) is 31.0 Å². The number of alkyl halides is 3. The standard InChI is InChI=1S/C26H20F3NO4/c1-32-19-8-5-9-20(15-19)34-23-11-10-18(26(27,28)29)14-22(23)30-25(31)21-12-16-6-3-4-7-17(16)13-24(21)33-2/h3-15H,1-2H3,(H,30,31). The number of hydrogen-bond acceptors (Lipinski definition) is 4. The highest BCUT2D eigenvalue weighted by atomic mass is 19.4. The molecule has 1 amide bonds. The first-order valence-corrected chi connectivity index (χ1v) is 10.2. The molecule has 4 aromatic carbocycles. The van der Waals surface area contributed by atoms with Crippen LogP contribution in [0.2, 0.25) is 0 Å². The second-order valence-electron chi connectivity index (χ2n) is 7.34. The molecule has 0 aliphatic carbocycles. The summed E-state index contributed by atoms with van der Waals surface area (Å²) in [5.74, 6) is 0.527. The van der Waals surface area contributed by atoms with Crippen molar-refractivity contribution in [3.63, 3.8) is 0 Å². The molecule has 0 heterocycles. The summed E-state index contributed by atoms with van der Waals surface area (Å²) in [5.41, 5.74) is -0.893. The molecule has 4 aromatic rings. The Balaban J connectivity index is 1.73. The van der Waals surface area contributed by atoms with Crippen LogP contribution in [0.5, 0.6) is 23.0 Å². The van der Waals surface area contributed by atoms with Crippen LogP contribution in [-0.4, -0.2) is 20.1 Å². The van der Waals surface area contributed by atoms with E-state index in [0.717, 1.165) is 29.0 Å². The van der Waals surface area contributed by atoms with Crippen LogP contribution in [0.4, 0.5) is 18.9 Å². The van der Waals surface area contributed by atoms with E-state index in [9.17, 15) is 18.0 Å². The van der Waals surface area contributed by atoms with E-state index in [1.807, 2.05) is 24.3 Å². The number of hydrogen-bond donors (Lipinski definition) is 1. The van der Waals surface area contributed by atoms with Crippen molar-refractivity contribution in [2.75, 3.05) is 19.5 Å². The topological polar surface area (TPSA) is 56.8 Å². The maximum absolute atomic E-state index is 13.4. The highest BCUT2D eigenvalue weighted by Crippen LogP contribution is 2.38. The number of benzene rings is 4. The molecule has 0 fully saturated rings. The summed E-state index contributed by atoms with van der Waals surface area (Å²) in [6.45, 7) is 0. The van der Waals surface area contributed by atoms with Crippen molar-refractivity contribution in [2.24, 2.45) is 0 Å². The van der Waals surface area contributed by atoms with Gasteiger partial charge in [-0.2, -0.15) is 13.2 Å². The molecule has 4 rings (SSSR count). The summed E-state index contributed by atoms with van der Waals surface area (Å²) in [6, 6.07) is 20.2. The van der Waals surface area contributed by atoms with Crippen molar-refractivity contribution < 1.29 is 32.2 Å². The summed E-state index contributed by atoms with van der Waals surface area (Å²) in [4.78, 5) is 13.2. The summed E-state index contributed by atoms with van der Waals surface area (Å²) in [5, 5.41) is 4.19. The van der Waals surface area contributed by atoms with Gasteiger partial charge < -0.3 is 19.5 Å². The monoisotopic (exact) mass is 467 g/mol. The maximum Gasteiger partial charge on any atom is 0.416 e. The normalized spacial score (nSPS) is 11.2. The lowest BCUT2D eigenvalue weighted by Crippen LogP contribution is -2.15. The molecule has 0 aliphatic heterocycles. The van der Waals surface area contributed by atoms with Gasteiger partial charge in [-0.25, -0.2) is 0 Å². The largest absolute Gasteiger partial charge is 0.497 e. The summed E-state index contributed by atoms with van der Waals surface area (Å²) in [6.07, 6.45) is -4.60. The molecule has 174 valence electrons. The van der Waals surface area contributed by atoms with Crippen LogP contribution in [0.1, 0.15) is 15.9 Å². The smallest absolute Gasteiger partial charge is 0.416 e. The minimum atomic E-state index is -4.60. The van der Waals surface area contributed by atoms with Crippen molar-refractivity contribution in [2.45, 2.75) is 6.18 Å². The van der Waals surface area contributed by atoms with Crippen molar-refractivity contribution in [1.82, 2.24) is 0 Å². The number of halogens is 3. The van der Waals surface area contributed by atoms with Crippen LogP contribution in [0.25, 0.3) is 10.8 Å². The van der Waals surface area contributed by atoms with Gasteiger partial charge in [0.1, 0.15) is 17.2 Å². The molecule has 0 unspecified atom stereocenters. The molecule has 0 bridgehead atoms. The first-order chi connectivity index (χ1) is 16.3. The van der Waals surface area contributed by atoms with Crippen LogP contribution in [0, 0.1) is 0 Å². The maximum atomic E-state index is 13.4. The molecule has 5 nitrogen and oxygen atoms in total. The number of ether oxygens (including phenoxy) is 3. The SMILES string of the molecule is COc1cccc(Oc2ccc(C(F)(F)F)cc2NC(=O)c2cc3ccccc3cc2OC)c1. The van der Waals surface area contributed by atoms with Crippen LogP contribution < -0.4 is 19.5 Å². The fraction of sp³-hybridized carbons (Fsp3) is 0.115. The van der Waals surface area contributed by atoms with E-state index in [0.29, 0.717) is 17.2 Å². The minimum Gasteiger partial charge on any atom is -0.497 e. The second kappa shape index (κ2) is 9.35. The average molecular weight is 467 g/mol. The molecule has 0 aromatic heterocycles. The Hall–Kier alpha value is -4.20. The number of fused-ring (bicyclic) bond motifs is 1. The fourth-order valence-corrected chi connectivity index (χ4v) is 3.44. The Labute approximate surface area is 193 Å².